The van der Waals surface area contributed by atoms with Crippen LogP contribution < -0.4 is 0 Å². The van der Waals surface area contributed by atoms with Gasteiger partial charge >= 0.3 is 6.09 Å². The van der Waals surface area contributed by atoms with E-state index >= 15 is 0 Å². The highest BCUT2D eigenvalue weighted by Gasteiger charge is 2.37. The first-order valence-electron chi connectivity index (χ1n) is 13.4. The molecule has 3 rings (SSSR count). The Morgan fingerprint density at radius 3 is 2.54 bits per heavy atom. The van der Waals surface area contributed by atoms with Crippen LogP contribution in [0.2, 0.25) is 0 Å². The SMILES string of the molecule is CCOCC1(CC)CCC(c2c(CN(C)CCN(C)C(=O)OC(C)(C)C)nn3c2COCC3)CC1. The lowest BCUT2D eigenvalue weighted by Gasteiger charge is -2.40. The van der Waals surface area contributed by atoms with Gasteiger partial charge in [-0.3, -0.25) is 9.58 Å². The number of nitrogens with zero attached hydrogens (tertiary/aromatic N) is 4. The highest BCUT2D eigenvalue weighted by molar-refractivity contribution is 5.67. The number of hydrogen-bond donors (Lipinski definition) is 0. The highest BCUT2D eigenvalue weighted by atomic mass is 16.6. The molecule has 1 aliphatic carbocycles. The van der Waals surface area contributed by atoms with Crippen molar-refractivity contribution in [1.29, 1.82) is 0 Å². The Hall–Kier alpha value is -1.64. The fourth-order valence-corrected chi connectivity index (χ4v) is 5.33. The number of amides is 1. The van der Waals surface area contributed by atoms with Gasteiger partial charge in [0.25, 0.3) is 0 Å². The number of ether oxygens (including phenoxy) is 3. The number of rotatable bonds is 10. The third kappa shape index (κ3) is 7.43. The predicted octanol–water partition coefficient (Wildman–Crippen LogP) is 4.80. The molecule has 2 heterocycles. The molecule has 1 saturated carbocycles. The molecule has 0 N–H and O–H groups in total. The molecule has 1 aromatic rings. The molecule has 0 spiro atoms. The van der Waals surface area contributed by atoms with Gasteiger partial charge in [-0.2, -0.15) is 5.10 Å². The van der Waals surface area contributed by atoms with Gasteiger partial charge < -0.3 is 19.1 Å². The largest absolute Gasteiger partial charge is 0.444 e. The first kappa shape index (κ1) is 27.9. The topological polar surface area (TPSA) is 69.1 Å². The van der Waals surface area contributed by atoms with Crippen LogP contribution in [0, 0.1) is 5.41 Å². The first-order valence-corrected chi connectivity index (χ1v) is 13.4. The van der Waals surface area contributed by atoms with Crippen molar-refractivity contribution in [3.05, 3.63) is 17.0 Å². The van der Waals surface area contributed by atoms with Gasteiger partial charge in [-0.25, -0.2) is 4.79 Å². The second-order valence-electron chi connectivity index (χ2n) is 11.5. The van der Waals surface area contributed by atoms with Gasteiger partial charge in [0.05, 0.1) is 37.8 Å². The fourth-order valence-electron chi connectivity index (χ4n) is 5.33. The average molecular weight is 493 g/mol. The highest BCUT2D eigenvalue weighted by Crippen LogP contribution is 2.47. The lowest BCUT2D eigenvalue weighted by molar-refractivity contribution is 0.0189. The standard InChI is InChI=1S/C27H48N4O4/c1-8-27(20-33-9-2)12-10-21(11-13-27)24-22(28-31-16-17-34-19-23(24)31)18-29(6)14-15-30(7)25(32)35-26(3,4)5/h21H,8-20H2,1-7H3. The number of fused-ring (bicyclic) bond motifs is 1. The second-order valence-corrected chi connectivity index (χ2v) is 11.5. The molecule has 200 valence electrons. The summed E-state index contributed by atoms with van der Waals surface area (Å²) >= 11 is 0. The van der Waals surface area contributed by atoms with Gasteiger partial charge in [-0.1, -0.05) is 6.92 Å². The molecule has 1 fully saturated rings. The van der Waals surface area contributed by atoms with E-state index in [1.54, 1.807) is 11.9 Å². The molecule has 1 amide bonds. The van der Waals surface area contributed by atoms with Crippen molar-refractivity contribution in [3.63, 3.8) is 0 Å². The molecule has 0 aromatic carbocycles. The molecule has 8 heteroatoms. The van der Waals surface area contributed by atoms with Crippen molar-refractivity contribution >= 4 is 6.09 Å². The van der Waals surface area contributed by atoms with E-state index in [1.165, 1.54) is 49.1 Å². The summed E-state index contributed by atoms with van der Waals surface area (Å²) in [6.07, 6.45) is 5.66. The van der Waals surface area contributed by atoms with Crippen molar-refractivity contribution < 1.29 is 19.0 Å². The Balaban J connectivity index is 1.66. The summed E-state index contributed by atoms with van der Waals surface area (Å²) in [5, 5.41) is 5.05. The summed E-state index contributed by atoms with van der Waals surface area (Å²) in [6.45, 7) is 16.1. The Morgan fingerprint density at radius 2 is 1.91 bits per heavy atom. The maximum absolute atomic E-state index is 12.3. The Morgan fingerprint density at radius 1 is 1.20 bits per heavy atom. The van der Waals surface area contributed by atoms with Gasteiger partial charge in [-0.05, 0) is 78.2 Å². The maximum atomic E-state index is 12.3. The van der Waals surface area contributed by atoms with Crippen LogP contribution in [0.25, 0.3) is 0 Å². The summed E-state index contributed by atoms with van der Waals surface area (Å²) in [4.78, 5) is 16.2. The van der Waals surface area contributed by atoms with Crippen molar-refractivity contribution in [2.45, 2.75) is 97.9 Å². The zero-order chi connectivity index (χ0) is 25.6. The third-order valence-corrected chi connectivity index (χ3v) is 7.62. The quantitative estimate of drug-likeness (QED) is 0.467. The lowest BCUT2D eigenvalue weighted by atomic mass is 9.67. The molecular weight excluding hydrogens is 444 g/mol. The molecule has 0 unspecified atom stereocenters. The summed E-state index contributed by atoms with van der Waals surface area (Å²) in [5.74, 6) is 0.523. The molecule has 1 aliphatic heterocycles. The molecule has 0 saturated heterocycles. The zero-order valence-corrected chi connectivity index (χ0v) is 23.2. The molecule has 8 nitrogen and oxygen atoms in total. The smallest absolute Gasteiger partial charge is 0.410 e. The van der Waals surface area contributed by atoms with Crippen LogP contribution in [0.15, 0.2) is 0 Å². The van der Waals surface area contributed by atoms with E-state index in [2.05, 4.69) is 30.5 Å². The van der Waals surface area contributed by atoms with Crippen LogP contribution >= 0.6 is 0 Å². The zero-order valence-electron chi connectivity index (χ0n) is 23.2. The van der Waals surface area contributed by atoms with Crippen LogP contribution in [0.5, 0.6) is 0 Å². The van der Waals surface area contributed by atoms with Crippen LogP contribution in [0.3, 0.4) is 0 Å². The second kappa shape index (κ2) is 12.1. The van der Waals surface area contributed by atoms with Crippen molar-refractivity contribution in [2.75, 3.05) is 47.0 Å². The van der Waals surface area contributed by atoms with Crippen molar-refractivity contribution in [2.24, 2.45) is 5.41 Å². The summed E-state index contributed by atoms with van der Waals surface area (Å²) in [7, 11) is 3.90. The summed E-state index contributed by atoms with van der Waals surface area (Å²) in [6, 6.07) is 0. The average Bonchev–Trinajstić information content (AvgIpc) is 3.18. The monoisotopic (exact) mass is 492 g/mol. The molecule has 2 aliphatic rings. The predicted molar refractivity (Wildman–Crippen MR) is 138 cm³/mol. The molecule has 35 heavy (non-hydrogen) atoms. The number of carbonyl (C=O) groups excluding carboxylic acids is 1. The van der Waals surface area contributed by atoms with Crippen molar-refractivity contribution in [3.8, 4) is 0 Å². The molecular formula is C27H48N4O4. The third-order valence-electron chi connectivity index (χ3n) is 7.62. The molecule has 0 bridgehead atoms. The van der Waals surface area contributed by atoms with E-state index in [-0.39, 0.29) is 6.09 Å². The van der Waals surface area contributed by atoms with E-state index in [9.17, 15) is 4.79 Å². The number of aromatic nitrogens is 2. The Labute approximate surface area is 212 Å². The first-order chi connectivity index (χ1) is 16.6. The molecule has 0 atom stereocenters. The van der Waals surface area contributed by atoms with E-state index < -0.39 is 5.60 Å². The number of likely N-dealkylation sites (N-methyl/N-ethyl adjacent to an activating group) is 2. The minimum absolute atomic E-state index is 0.283. The number of hydrogen-bond acceptors (Lipinski definition) is 6. The fraction of sp³-hybridized carbons (Fsp3) is 0.852. The minimum atomic E-state index is -0.484. The van der Waals surface area contributed by atoms with Crippen molar-refractivity contribution in [1.82, 2.24) is 19.6 Å². The summed E-state index contributed by atoms with van der Waals surface area (Å²) in [5.41, 5.74) is 3.69. The maximum Gasteiger partial charge on any atom is 0.410 e. The van der Waals surface area contributed by atoms with E-state index in [4.69, 9.17) is 19.3 Å². The van der Waals surface area contributed by atoms with Crippen LogP contribution in [-0.4, -0.2) is 78.3 Å². The summed E-state index contributed by atoms with van der Waals surface area (Å²) < 4.78 is 19.4. The Kier molecular flexibility index (Phi) is 9.63. The van der Waals surface area contributed by atoms with E-state index in [0.717, 1.165) is 39.5 Å². The van der Waals surface area contributed by atoms with Gasteiger partial charge in [0.2, 0.25) is 0 Å². The minimum Gasteiger partial charge on any atom is -0.444 e. The normalized spacial score (nSPS) is 22.8. The van der Waals surface area contributed by atoms with Gasteiger partial charge in [0.15, 0.2) is 0 Å². The van der Waals surface area contributed by atoms with Gasteiger partial charge in [0.1, 0.15) is 5.60 Å². The van der Waals surface area contributed by atoms with Crippen LogP contribution in [0.1, 0.15) is 89.6 Å². The van der Waals surface area contributed by atoms with Gasteiger partial charge in [0, 0.05) is 38.9 Å². The number of carbonyl (C=O) groups is 1. The van der Waals surface area contributed by atoms with Crippen LogP contribution in [-0.2, 0) is 33.9 Å². The van der Waals surface area contributed by atoms with E-state index in [1.807, 2.05) is 20.8 Å². The molecule has 1 aromatic heterocycles. The van der Waals surface area contributed by atoms with E-state index in [0.29, 0.717) is 24.5 Å². The van der Waals surface area contributed by atoms with Gasteiger partial charge in [-0.15, -0.1) is 0 Å². The lowest BCUT2D eigenvalue weighted by Crippen LogP contribution is -2.38. The Bertz CT molecular complexity index is 824. The molecule has 0 radical (unpaired) electrons. The van der Waals surface area contributed by atoms with Crippen LogP contribution in [0.4, 0.5) is 4.79 Å².